The van der Waals surface area contributed by atoms with Gasteiger partial charge < -0.3 is 10.2 Å². The summed E-state index contributed by atoms with van der Waals surface area (Å²) < 4.78 is 0. The first kappa shape index (κ1) is 10.7. The van der Waals surface area contributed by atoms with Gasteiger partial charge in [0, 0.05) is 12.4 Å². The Morgan fingerprint density at radius 1 is 1.29 bits per heavy atom. The van der Waals surface area contributed by atoms with Crippen molar-refractivity contribution in [3.8, 4) is 0 Å². The summed E-state index contributed by atoms with van der Waals surface area (Å²) in [6, 6.07) is 4.80. The highest BCUT2D eigenvalue weighted by atomic mass is 16.2. The van der Waals surface area contributed by atoms with Gasteiger partial charge in [0.15, 0.2) is 0 Å². The van der Waals surface area contributed by atoms with Gasteiger partial charge in [-0.1, -0.05) is 0 Å². The molecular weight excluding hydrogens is 214 g/mol. The molecule has 2 aliphatic heterocycles. The molecule has 2 N–H and O–H groups in total. The van der Waals surface area contributed by atoms with E-state index in [2.05, 4.69) is 15.2 Å². The second-order valence-electron chi connectivity index (χ2n) is 4.98. The van der Waals surface area contributed by atoms with Crippen LogP contribution in [0.25, 0.3) is 0 Å². The summed E-state index contributed by atoms with van der Waals surface area (Å²) in [5.74, 6) is 0.289. The Morgan fingerprint density at radius 2 is 1.94 bits per heavy atom. The fraction of sp³-hybridized carbons (Fsp3) is 0.538. The number of piperazine rings is 1. The largest absolute Gasteiger partial charge is 0.343 e. The molecular formula is C13H18N3O+. The van der Waals surface area contributed by atoms with E-state index in [0.717, 1.165) is 18.7 Å². The van der Waals surface area contributed by atoms with Crippen molar-refractivity contribution in [3.63, 3.8) is 0 Å². The van der Waals surface area contributed by atoms with Crippen molar-refractivity contribution < 1.29 is 10.1 Å². The van der Waals surface area contributed by atoms with Gasteiger partial charge >= 0.3 is 0 Å². The molecule has 3 heterocycles. The quantitative estimate of drug-likeness (QED) is 0.751. The number of carbonyl (C=O) groups is 1. The molecule has 4 heteroatoms. The first-order valence-corrected chi connectivity index (χ1v) is 6.36. The first-order chi connectivity index (χ1) is 8.34. The van der Waals surface area contributed by atoms with Crippen LogP contribution in [0.4, 0.5) is 0 Å². The summed E-state index contributed by atoms with van der Waals surface area (Å²) in [5.41, 5.74) is 1.07. The Hall–Kier alpha value is -1.42. The molecule has 0 aromatic carbocycles. The average Bonchev–Trinajstić information content (AvgIpc) is 2.61. The maximum absolute atomic E-state index is 12.3. The zero-order chi connectivity index (χ0) is 11.7. The van der Waals surface area contributed by atoms with E-state index in [0.29, 0.717) is 18.5 Å². The SMILES string of the molecule is O=C(Cc1ccncc1)N1C2CCC1C[NH2+]C2. The Labute approximate surface area is 101 Å². The minimum absolute atomic E-state index is 0.289. The van der Waals surface area contributed by atoms with Gasteiger partial charge in [-0.05, 0) is 30.5 Å². The highest BCUT2D eigenvalue weighted by molar-refractivity contribution is 5.79. The van der Waals surface area contributed by atoms with Crippen LogP contribution in [0.5, 0.6) is 0 Å². The maximum atomic E-state index is 12.3. The number of nitrogens with zero attached hydrogens (tertiary/aromatic N) is 2. The molecule has 2 saturated heterocycles. The van der Waals surface area contributed by atoms with Crippen LogP contribution in [0.3, 0.4) is 0 Å². The van der Waals surface area contributed by atoms with Crippen LogP contribution in [-0.2, 0) is 11.2 Å². The second-order valence-corrected chi connectivity index (χ2v) is 4.98. The third kappa shape index (κ3) is 2.05. The molecule has 2 bridgehead atoms. The summed E-state index contributed by atoms with van der Waals surface area (Å²) in [5, 5.41) is 2.35. The van der Waals surface area contributed by atoms with E-state index < -0.39 is 0 Å². The van der Waals surface area contributed by atoms with Crippen molar-refractivity contribution in [1.29, 1.82) is 0 Å². The maximum Gasteiger partial charge on any atom is 0.227 e. The number of fused-ring (bicyclic) bond motifs is 2. The molecule has 3 rings (SSSR count). The van der Waals surface area contributed by atoms with Crippen molar-refractivity contribution >= 4 is 5.91 Å². The van der Waals surface area contributed by atoms with E-state index in [1.165, 1.54) is 12.8 Å². The van der Waals surface area contributed by atoms with Crippen molar-refractivity contribution in [2.75, 3.05) is 13.1 Å². The average molecular weight is 232 g/mol. The fourth-order valence-electron chi connectivity index (χ4n) is 3.08. The lowest BCUT2D eigenvalue weighted by Crippen LogP contribution is -2.92. The number of pyridine rings is 1. The number of carbonyl (C=O) groups excluding carboxylic acids is 1. The number of quaternary nitrogens is 1. The third-order valence-electron chi connectivity index (χ3n) is 3.89. The number of amides is 1. The van der Waals surface area contributed by atoms with Crippen LogP contribution < -0.4 is 5.32 Å². The van der Waals surface area contributed by atoms with E-state index in [1.54, 1.807) is 12.4 Å². The predicted octanol–water partition coefficient (Wildman–Crippen LogP) is -0.439. The first-order valence-electron chi connectivity index (χ1n) is 6.36. The van der Waals surface area contributed by atoms with Gasteiger partial charge in [0.05, 0.1) is 31.6 Å². The lowest BCUT2D eigenvalue weighted by molar-refractivity contribution is -0.669. The Kier molecular flexibility index (Phi) is 2.81. The molecule has 2 atom stereocenters. The van der Waals surface area contributed by atoms with Crippen LogP contribution in [0.1, 0.15) is 18.4 Å². The molecule has 2 fully saturated rings. The summed E-state index contributed by atoms with van der Waals surface area (Å²) in [6.45, 7) is 2.16. The van der Waals surface area contributed by atoms with Crippen LogP contribution in [0.2, 0.25) is 0 Å². The van der Waals surface area contributed by atoms with Gasteiger partial charge in [0.2, 0.25) is 5.91 Å². The van der Waals surface area contributed by atoms with E-state index in [1.807, 2.05) is 12.1 Å². The van der Waals surface area contributed by atoms with Crippen LogP contribution in [-0.4, -0.2) is 41.0 Å². The third-order valence-corrected chi connectivity index (χ3v) is 3.89. The molecule has 2 aliphatic rings. The highest BCUT2D eigenvalue weighted by Gasteiger charge is 2.41. The zero-order valence-electron chi connectivity index (χ0n) is 9.88. The van der Waals surface area contributed by atoms with Gasteiger partial charge in [-0.3, -0.25) is 9.78 Å². The molecule has 0 aliphatic carbocycles. The Balaban J connectivity index is 1.71. The standard InChI is InChI=1S/C13H17N3O/c17-13(7-10-3-5-14-6-4-10)16-11-1-2-12(16)9-15-8-11/h3-6,11-12,15H,1-2,7-9H2/p+1. The van der Waals surface area contributed by atoms with Crippen molar-refractivity contribution in [1.82, 2.24) is 9.88 Å². The van der Waals surface area contributed by atoms with E-state index in [4.69, 9.17) is 0 Å². The van der Waals surface area contributed by atoms with Gasteiger partial charge in [0.1, 0.15) is 0 Å². The van der Waals surface area contributed by atoms with E-state index in [-0.39, 0.29) is 5.91 Å². The molecule has 4 nitrogen and oxygen atoms in total. The van der Waals surface area contributed by atoms with Crippen molar-refractivity contribution in [2.45, 2.75) is 31.3 Å². The van der Waals surface area contributed by atoms with Gasteiger partial charge in [0.25, 0.3) is 0 Å². The smallest absolute Gasteiger partial charge is 0.227 e. The number of nitrogens with two attached hydrogens (primary N) is 1. The summed E-state index contributed by atoms with van der Waals surface area (Å²) in [7, 11) is 0. The lowest BCUT2D eigenvalue weighted by atomic mass is 10.1. The molecule has 0 radical (unpaired) electrons. The fourth-order valence-corrected chi connectivity index (χ4v) is 3.08. The Bertz CT molecular complexity index is 390. The molecule has 17 heavy (non-hydrogen) atoms. The summed E-state index contributed by atoms with van der Waals surface area (Å²) >= 11 is 0. The normalized spacial score (nSPS) is 27.2. The summed E-state index contributed by atoms with van der Waals surface area (Å²) in [4.78, 5) is 18.4. The molecule has 1 aromatic rings. The topological polar surface area (TPSA) is 49.8 Å². The number of rotatable bonds is 2. The van der Waals surface area contributed by atoms with Crippen LogP contribution in [0, 0.1) is 0 Å². The lowest BCUT2D eigenvalue weighted by Gasteiger charge is -2.33. The number of hydrogen-bond acceptors (Lipinski definition) is 2. The van der Waals surface area contributed by atoms with Gasteiger partial charge in [-0.2, -0.15) is 0 Å². The highest BCUT2D eigenvalue weighted by Crippen LogP contribution is 2.25. The minimum Gasteiger partial charge on any atom is -0.343 e. The zero-order valence-corrected chi connectivity index (χ0v) is 9.88. The van der Waals surface area contributed by atoms with E-state index >= 15 is 0 Å². The van der Waals surface area contributed by atoms with Crippen LogP contribution in [0.15, 0.2) is 24.5 Å². The molecule has 1 aromatic heterocycles. The van der Waals surface area contributed by atoms with Crippen LogP contribution >= 0.6 is 0 Å². The molecule has 0 spiro atoms. The van der Waals surface area contributed by atoms with Crippen molar-refractivity contribution in [3.05, 3.63) is 30.1 Å². The minimum atomic E-state index is 0.289. The van der Waals surface area contributed by atoms with Gasteiger partial charge in [-0.25, -0.2) is 0 Å². The monoisotopic (exact) mass is 232 g/mol. The van der Waals surface area contributed by atoms with Gasteiger partial charge in [-0.15, -0.1) is 0 Å². The van der Waals surface area contributed by atoms with E-state index in [9.17, 15) is 4.79 Å². The Morgan fingerprint density at radius 3 is 2.59 bits per heavy atom. The molecule has 0 saturated carbocycles. The van der Waals surface area contributed by atoms with Crippen molar-refractivity contribution in [2.24, 2.45) is 0 Å². The molecule has 1 amide bonds. The second kappa shape index (κ2) is 4.45. The number of hydrogen-bond donors (Lipinski definition) is 1. The molecule has 90 valence electrons. The summed E-state index contributed by atoms with van der Waals surface area (Å²) in [6.07, 6.45) is 6.39. The molecule has 2 unspecified atom stereocenters. The number of aromatic nitrogens is 1. The predicted molar refractivity (Wildman–Crippen MR) is 63.3 cm³/mol.